The number of furan rings is 1. The third-order valence-corrected chi connectivity index (χ3v) is 4.77. The first-order valence-corrected chi connectivity index (χ1v) is 9.83. The van der Waals surface area contributed by atoms with Crippen molar-refractivity contribution in [2.75, 3.05) is 5.32 Å². The first-order chi connectivity index (χ1) is 16.3. The molecule has 0 aliphatic heterocycles. The maximum Gasteiger partial charge on any atom is 0.411 e. The Morgan fingerprint density at radius 1 is 1.06 bits per heavy atom. The molecule has 7 N–H and O–H groups in total. The van der Waals surface area contributed by atoms with E-state index in [0.717, 1.165) is 16.6 Å². The fourth-order valence-corrected chi connectivity index (χ4v) is 3.42. The Balaban J connectivity index is 0.000000636. The monoisotopic (exact) mass is 462 g/mol. The van der Waals surface area contributed by atoms with E-state index in [-0.39, 0.29) is 11.5 Å². The standard InChI is InChI=1S/C21H15N5O4.CH3NO2/c27-19-14-4-2-1-3-13(14)16(25-26-19)10-12-6-8-18(30-12)11-5-7-15-17(9-11)23-20(22-15)24-21(28)29;2-1(3)4/h1-9H,10H2,(H,26,27)(H,28,29)(H2,22,23,24);2H2,(H,3,4). The second kappa shape index (κ2) is 9.16. The van der Waals surface area contributed by atoms with Crippen LogP contribution in [0.5, 0.6) is 0 Å². The third kappa shape index (κ3) is 4.85. The van der Waals surface area contributed by atoms with E-state index < -0.39 is 12.2 Å². The van der Waals surface area contributed by atoms with Gasteiger partial charge in [-0.15, -0.1) is 0 Å². The molecule has 3 heterocycles. The summed E-state index contributed by atoms with van der Waals surface area (Å²) < 4.78 is 6.00. The van der Waals surface area contributed by atoms with E-state index in [9.17, 15) is 9.59 Å². The van der Waals surface area contributed by atoms with E-state index in [2.05, 4.69) is 31.2 Å². The maximum atomic E-state index is 12.0. The van der Waals surface area contributed by atoms with E-state index >= 15 is 0 Å². The minimum Gasteiger partial charge on any atom is -0.465 e. The lowest BCUT2D eigenvalue weighted by atomic mass is 10.1. The van der Waals surface area contributed by atoms with Gasteiger partial charge in [0.25, 0.3) is 5.56 Å². The number of aromatic amines is 2. The van der Waals surface area contributed by atoms with Crippen molar-refractivity contribution in [2.45, 2.75) is 6.42 Å². The number of imidazole rings is 1. The highest BCUT2D eigenvalue weighted by Crippen LogP contribution is 2.27. The Morgan fingerprint density at radius 3 is 2.53 bits per heavy atom. The summed E-state index contributed by atoms with van der Waals surface area (Å²) in [6, 6.07) is 16.5. The van der Waals surface area contributed by atoms with Gasteiger partial charge in [-0.25, -0.2) is 19.7 Å². The third-order valence-electron chi connectivity index (χ3n) is 4.77. The van der Waals surface area contributed by atoms with Crippen molar-refractivity contribution in [1.82, 2.24) is 20.2 Å². The van der Waals surface area contributed by atoms with Crippen LogP contribution in [0.3, 0.4) is 0 Å². The summed E-state index contributed by atoms with van der Waals surface area (Å²) in [6.07, 6.45) is -2.09. The van der Waals surface area contributed by atoms with Gasteiger partial charge < -0.3 is 25.3 Å². The SMILES string of the molecule is NC(=O)O.O=C(O)Nc1nc2ccc(-c3ccc(Cc4n[nH]c(=O)c5ccccc45)o3)cc2[nH]1. The molecule has 0 aliphatic carbocycles. The number of hydrogen-bond acceptors (Lipinski definition) is 6. The largest absolute Gasteiger partial charge is 0.465 e. The molecule has 0 fully saturated rings. The van der Waals surface area contributed by atoms with Crippen molar-refractivity contribution in [3.8, 4) is 11.3 Å². The van der Waals surface area contributed by atoms with Gasteiger partial charge in [0, 0.05) is 10.9 Å². The average molecular weight is 462 g/mol. The van der Waals surface area contributed by atoms with Crippen LogP contribution in [0, 0.1) is 0 Å². The van der Waals surface area contributed by atoms with Gasteiger partial charge in [0.2, 0.25) is 5.95 Å². The Bertz CT molecular complexity index is 1560. The first kappa shape index (κ1) is 22.1. The quantitative estimate of drug-likeness (QED) is 0.233. The van der Waals surface area contributed by atoms with Crippen LogP contribution >= 0.6 is 0 Å². The summed E-state index contributed by atoms with van der Waals surface area (Å²) in [6.45, 7) is 0. The van der Waals surface area contributed by atoms with Crippen molar-refractivity contribution in [2.24, 2.45) is 5.73 Å². The molecule has 2 aromatic carbocycles. The topological polar surface area (TPSA) is 200 Å². The van der Waals surface area contributed by atoms with Crippen LogP contribution in [-0.2, 0) is 6.42 Å². The number of aromatic nitrogens is 4. The Labute approximate surface area is 190 Å². The van der Waals surface area contributed by atoms with Gasteiger partial charge in [0.1, 0.15) is 11.5 Å². The second-order valence-corrected chi connectivity index (χ2v) is 7.07. The van der Waals surface area contributed by atoms with E-state index in [1.165, 1.54) is 0 Å². The number of anilines is 1. The predicted octanol–water partition coefficient (Wildman–Crippen LogP) is 3.36. The Kier molecular flexibility index (Phi) is 5.95. The molecular weight excluding hydrogens is 444 g/mol. The summed E-state index contributed by atoms with van der Waals surface area (Å²) in [5, 5.41) is 26.3. The number of nitrogens with one attached hydrogen (secondary N) is 3. The summed E-state index contributed by atoms with van der Waals surface area (Å²) in [5.74, 6) is 1.52. The van der Waals surface area contributed by atoms with Crippen LogP contribution in [0.25, 0.3) is 33.1 Å². The molecular formula is C22H18N6O6. The molecule has 172 valence electrons. The van der Waals surface area contributed by atoms with Crippen LogP contribution in [0.4, 0.5) is 15.5 Å². The summed E-state index contributed by atoms with van der Waals surface area (Å²) in [4.78, 5) is 38.6. The molecule has 3 aromatic heterocycles. The lowest BCUT2D eigenvalue weighted by molar-refractivity contribution is 0.205. The van der Waals surface area contributed by atoms with Crippen molar-refractivity contribution in [1.29, 1.82) is 0 Å². The van der Waals surface area contributed by atoms with Crippen molar-refractivity contribution < 1.29 is 24.2 Å². The molecule has 0 bridgehead atoms. The number of carboxylic acid groups (broad SMARTS) is 2. The Morgan fingerprint density at radius 2 is 1.79 bits per heavy atom. The molecule has 0 radical (unpaired) electrons. The van der Waals surface area contributed by atoms with Crippen LogP contribution < -0.4 is 16.6 Å². The number of rotatable bonds is 4. The fraction of sp³-hybridized carbons (Fsp3) is 0.0455. The van der Waals surface area contributed by atoms with Crippen LogP contribution in [-0.4, -0.2) is 42.6 Å². The van der Waals surface area contributed by atoms with E-state index in [4.69, 9.17) is 19.4 Å². The molecule has 5 rings (SSSR count). The highest BCUT2D eigenvalue weighted by Gasteiger charge is 2.12. The number of amides is 2. The van der Waals surface area contributed by atoms with Crippen molar-refractivity contribution >= 4 is 39.9 Å². The highest BCUT2D eigenvalue weighted by molar-refractivity contribution is 5.87. The molecule has 0 saturated carbocycles. The molecule has 0 atom stereocenters. The molecule has 0 unspecified atom stereocenters. The summed E-state index contributed by atoms with van der Waals surface area (Å²) >= 11 is 0. The number of nitrogens with two attached hydrogens (primary N) is 1. The second-order valence-electron chi connectivity index (χ2n) is 7.07. The molecule has 0 saturated heterocycles. The number of carbonyl (C=O) groups is 2. The molecule has 0 spiro atoms. The molecule has 5 aromatic rings. The van der Waals surface area contributed by atoms with Gasteiger partial charge in [-0.05, 0) is 36.4 Å². The molecule has 12 nitrogen and oxygen atoms in total. The van der Waals surface area contributed by atoms with Gasteiger partial charge in [-0.3, -0.25) is 10.1 Å². The number of H-pyrrole nitrogens is 2. The number of hydrogen-bond donors (Lipinski definition) is 6. The lowest BCUT2D eigenvalue weighted by Crippen LogP contribution is -2.11. The lowest BCUT2D eigenvalue weighted by Gasteiger charge is -2.03. The number of nitrogens with zero attached hydrogens (tertiary/aromatic N) is 2. The molecule has 0 aliphatic rings. The number of primary amides is 1. The minimum absolute atomic E-state index is 0.158. The molecule has 12 heteroatoms. The minimum atomic E-state index is -1.33. The normalized spacial score (nSPS) is 10.6. The van der Waals surface area contributed by atoms with Crippen LogP contribution in [0.2, 0.25) is 0 Å². The number of fused-ring (bicyclic) bond motifs is 2. The van der Waals surface area contributed by atoms with Crippen LogP contribution in [0.15, 0.2) is 63.8 Å². The van der Waals surface area contributed by atoms with E-state index in [1.54, 1.807) is 12.1 Å². The van der Waals surface area contributed by atoms with Gasteiger partial charge in [-0.1, -0.05) is 18.2 Å². The van der Waals surface area contributed by atoms with Crippen LogP contribution in [0.1, 0.15) is 11.5 Å². The van der Waals surface area contributed by atoms with Gasteiger partial charge in [-0.2, -0.15) is 5.10 Å². The number of benzene rings is 2. The zero-order valence-corrected chi connectivity index (χ0v) is 17.4. The van der Waals surface area contributed by atoms with E-state index in [1.807, 2.05) is 42.5 Å². The highest BCUT2D eigenvalue weighted by atomic mass is 16.4. The smallest absolute Gasteiger partial charge is 0.411 e. The van der Waals surface area contributed by atoms with Gasteiger partial charge in [0.05, 0.1) is 28.5 Å². The zero-order valence-electron chi connectivity index (χ0n) is 17.4. The molecule has 2 amide bonds. The average Bonchev–Trinajstić information content (AvgIpc) is 3.41. The van der Waals surface area contributed by atoms with Gasteiger partial charge >= 0.3 is 12.2 Å². The molecule has 34 heavy (non-hydrogen) atoms. The van der Waals surface area contributed by atoms with Gasteiger partial charge in [0.15, 0.2) is 0 Å². The predicted molar refractivity (Wildman–Crippen MR) is 123 cm³/mol. The fourth-order valence-electron chi connectivity index (χ4n) is 3.42. The van der Waals surface area contributed by atoms with Crippen molar-refractivity contribution in [3.63, 3.8) is 0 Å². The summed E-state index contributed by atoms with van der Waals surface area (Å²) in [5.41, 5.74) is 6.66. The summed E-state index contributed by atoms with van der Waals surface area (Å²) in [7, 11) is 0. The van der Waals surface area contributed by atoms with Crippen molar-refractivity contribution in [3.05, 3.63) is 76.4 Å². The Hall–Kier alpha value is -5.13. The van der Waals surface area contributed by atoms with E-state index in [0.29, 0.717) is 34.4 Å². The first-order valence-electron chi connectivity index (χ1n) is 9.83. The zero-order chi connectivity index (χ0) is 24.2. The maximum absolute atomic E-state index is 12.0.